The van der Waals surface area contributed by atoms with E-state index in [4.69, 9.17) is 66.3 Å². The summed E-state index contributed by atoms with van der Waals surface area (Å²) >= 11 is 0. The minimum Gasteiger partial charge on any atom is -0.459 e. The van der Waals surface area contributed by atoms with Crippen LogP contribution in [0.4, 0.5) is 0 Å². The molecule has 0 bridgehead atoms. The third-order valence-electron chi connectivity index (χ3n) is 15.2. The molecule has 3 aliphatic rings. The molecular formula is C71H64O25. The van der Waals surface area contributed by atoms with Crippen LogP contribution < -0.4 is 0 Å². The van der Waals surface area contributed by atoms with Gasteiger partial charge in [0.05, 0.1) is 45.6 Å². The second-order valence-electron chi connectivity index (χ2n) is 21.8. The molecule has 96 heavy (non-hydrogen) atoms. The minimum atomic E-state index is -2.27. The highest BCUT2D eigenvalue weighted by atomic mass is 16.8. The van der Waals surface area contributed by atoms with Gasteiger partial charge in [0, 0.05) is 13.8 Å². The van der Waals surface area contributed by atoms with E-state index in [1.807, 2.05) is 0 Å². The van der Waals surface area contributed by atoms with E-state index in [2.05, 4.69) is 0 Å². The molecule has 0 saturated carbocycles. The molecule has 7 aromatic carbocycles. The largest absolute Gasteiger partial charge is 0.459 e. The van der Waals surface area contributed by atoms with Crippen molar-refractivity contribution in [3.63, 3.8) is 0 Å². The Hall–Kier alpha value is -10.5. The molecule has 25 heteroatoms. The van der Waals surface area contributed by atoms with Crippen LogP contribution >= 0.6 is 0 Å². The third-order valence-corrected chi connectivity index (χ3v) is 15.2. The summed E-state index contributed by atoms with van der Waals surface area (Å²) in [6.07, 6.45) is -29.4. The molecule has 15 unspecified atom stereocenters. The Bertz CT molecular complexity index is 3770. The molecule has 10 rings (SSSR count). The van der Waals surface area contributed by atoms with E-state index in [1.54, 1.807) is 103 Å². The lowest BCUT2D eigenvalue weighted by Crippen LogP contribution is -2.67. The number of benzene rings is 7. The Balaban J connectivity index is 1.03. The van der Waals surface area contributed by atoms with Crippen molar-refractivity contribution in [2.45, 2.75) is 106 Å². The van der Waals surface area contributed by atoms with Crippen molar-refractivity contribution in [2.24, 2.45) is 0 Å². The van der Waals surface area contributed by atoms with Crippen molar-refractivity contribution in [1.82, 2.24) is 0 Å². The van der Waals surface area contributed by atoms with Crippen LogP contribution in [0.1, 0.15) is 86.4 Å². The van der Waals surface area contributed by atoms with Gasteiger partial charge in [-0.1, -0.05) is 127 Å². The smallest absolute Gasteiger partial charge is 0.338 e. The summed E-state index contributed by atoms with van der Waals surface area (Å²) in [5.41, 5.74) is 0.0896. The van der Waals surface area contributed by atoms with E-state index >= 15 is 0 Å². The minimum absolute atomic E-state index is 0.00943. The number of rotatable bonds is 23. The maximum atomic E-state index is 14.4. The molecule has 3 saturated heterocycles. The van der Waals surface area contributed by atoms with Crippen molar-refractivity contribution in [3.8, 4) is 0 Å². The van der Waals surface area contributed by atoms with Gasteiger partial charge in [0.15, 0.2) is 61.6 Å². The first-order valence-corrected chi connectivity index (χ1v) is 30.2. The first-order chi connectivity index (χ1) is 46.5. The molecule has 498 valence electrons. The molecule has 3 fully saturated rings. The number of aliphatic hydroxyl groups excluding tert-OH is 2. The standard InChI is InChI=1S/C71H64O25/c1-41(72)86-55-51(40-85-70-61(95-68(81)49-36-22-9-23-37-49)59(94-67(80)48-34-20-8-21-35-48)56(92-65(78)46-30-16-6-17-31-46)52(89-70)39-84-63(76)44-26-12-4-13-27-44)88-69(82)60(87-42(2)73)58(55)96-71-57(93-66(79)47-32-18-7-19-33-47)53(74)54(91-64(77)45-28-14-5-15-29-45)50(90-71)38-83-62(75)43-24-10-3-11-25-43/h3-37,50-61,69-71,74,82H,38-40H2,1-2H3. The average molecular weight is 1320 g/mol. The third kappa shape index (κ3) is 17.4. The van der Waals surface area contributed by atoms with Gasteiger partial charge in [0.2, 0.25) is 0 Å². The fourth-order valence-corrected chi connectivity index (χ4v) is 10.6. The maximum absolute atomic E-state index is 14.4. The van der Waals surface area contributed by atoms with Crippen molar-refractivity contribution in [3.05, 3.63) is 251 Å². The molecule has 0 aromatic heterocycles. The van der Waals surface area contributed by atoms with E-state index in [-0.39, 0.29) is 38.9 Å². The fourth-order valence-electron chi connectivity index (χ4n) is 10.6. The molecule has 0 spiro atoms. The quantitative estimate of drug-likeness (QED) is 0.0502. The van der Waals surface area contributed by atoms with Crippen LogP contribution in [0.15, 0.2) is 212 Å². The zero-order chi connectivity index (χ0) is 67.7. The lowest BCUT2D eigenvalue weighted by molar-refractivity contribution is -0.361. The number of esters is 9. The maximum Gasteiger partial charge on any atom is 0.338 e. The first kappa shape index (κ1) is 68.4. The zero-order valence-corrected chi connectivity index (χ0v) is 51.3. The molecular weight excluding hydrogens is 1250 g/mol. The van der Waals surface area contributed by atoms with Gasteiger partial charge in [-0.15, -0.1) is 0 Å². The predicted molar refractivity (Wildman–Crippen MR) is 328 cm³/mol. The fraction of sp³-hybridized carbons (Fsp3) is 0.282. The molecule has 15 atom stereocenters. The number of carbonyl (C=O) groups excluding carboxylic acids is 9. The van der Waals surface area contributed by atoms with Crippen LogP contribution in [-0.4, -0.2) is 176 Å². The van der Waals surface area contributed by atoms with Crippen LogP contribution in [0.5, 0.6) is 0 Å². The van der Waals surface area contributed by atoms with E-state index in [9.17, 15) is 53.4 Å². The molecule has 3 aliphatic heterocycles. The second-order valence-corrected chi connectivity index (χ2v) is 21.8. The van der Waals surface area contributed by atoms with E-state index in [0.717, 1.165) is 13.8 Å². The summed E-state index contributed by atoms with van der Waals surface area (Å²) in [6.45, 7) is -0.559. The highest BCUT2D eigenvalue weighted by molar-refractivity contribution is 5.93. The second kappa shape index (κ2) is 32.6. The summed E-state index contributed by atoms with van der Waals surface area (Å²) in [7, 11) is 0. The first-order valence-electron chi connectivity index (χ1n) is 30.2. The number of hydrogen-bond donors (Lipinski definition) is 2. The highest BCUT2D eigenvalue weighted by Crippen LogP contribution is 2.37. The molecule has 0 aliphatic carbocycles. The highest BCUT2D eigenvalue weighted by Gasteiger charge is 2.58. The number of aliphatic hydroxyl groups is 2. The Labute approximate surface area is 548 Å². The van der Waals surface area contributed by atoms with Gasteiger partial charge in [0.25, 0.3) is 0 Å². The predicted octanol–water partition coefficient (Wildman–Crippen LogP) is 6.62. The van der Waals surface area contributed by atoms with Gasteiger partial charge in [-0.2, -0.15) is 0 Å². The number of hydrogen-bond acceptors (Lipinski definition) is 25. The SMILES string of the molecule is CC(=O)OC1C(O)OC(COC2OC(COC(=O)c3ccccc3)C(OC(=O)c3ccccc3)C(OC(=O)c3ccccc3)C2OC(=O)c2ccccc2)C(OC(C)=O)C1OC1OC(COC(=O)c2ccccc2)C(OC(=O)c2ccccc2)C(O)C1OC(=O)c1ccccc1. The molecule has 0 radical (unpaired) electrons. The lowest BCUT2D eigenvalue weighted by atomic mass is 9.95. The molecule has 0 amide bonds. The van der Waals surface area contributed by atoms with Gasteiger partial charge in [-0.05, 0) is 84.9 Å². The van der Waals surface area contributed by atoms with Gasteiger partial charge < -0.3 is 76.5 Å². The summed E-state index contributed by atoms with van der Waals surface area (Å²) in [4.78, 5) is 125. The summed E-state index contributed by atoms with van der Waals surface area (Å²) in [5.74, 6) is -9.05. The zero-order valence-electron chi connectivity index (χ0n) is 51.3. The molecule has 25 nitrogen and oxygen atoms in total. The summed E-state index contributed by atoms with van der Waals surface area (Å²) < 4.78 is 85.5. The van der Waals surface area contributed by atoms with Crippen molar-refractivity contribution in [1.29, 1.82) is 0 Å². The lowest BCUT2D eigenvalue weighted by Gasteiger charge is -2.48. The Morgan fingerprint density at radius 3 is 0.979 bits per heavy atom. The molecule has 3 heterocycles. The molecule has 2 N–H and O–H groups in total. The van der Waals surface area contributed by atoms with E-state index in [1.165, 1.54) is 109 Å². The monoisotopic (exact) mass is 1320 g/mol. The molecule has 7 aromatic rings. The number of carbonyl (C=O) groups is 9. The van der Waals surface area contributed by atoms with Crippen LogP contribution in [0.2, 0.25) is 0 Å². The Kier molecular flexibility index (Phi) is 23.2. The van der Waals surface area contributed by atoms with Crippen LogP contribution in [0.25, 0.3) is 0 Å². The van der Waals surface area contributed by atoms with Gasteiger partial charge in [0.1, 0.15) is 43.7 Å². The topological polar surface area (TPSA) is 323 Å². The van der Waals surface area contributed by atoms with Crippen molar-refractivity contribution < 1.29 is 120 Å². The Morgan fingerprint density at radius 1 is 0.302 bits per heavy atom. The van der Waals surface area contributed by atoms with Crippen LogP contribution in [0, 0.1) is 0 Å². The van der Waals surface area contributed by atoms with Gasteiger partial charge in [-0.3, -0.25) is 9.59 Å². The number of ether oxygens (including phenoxy) is 14. The van der Waals surface area contributed by atoms with Crippen molar-refractivity contribution >= 4 is 53.7 Å². The van der Waals surface area contributed by atoms with Crippen LogP contribution in [-0.2, 0) is 75.9 Å². The normalized spacial score (nSPS) is 25.2. The Morgan fingerprint density at radius 2 is 0.594 bits per heavy atom. The van der Waals surface area contributed by atoms with E-state index in [0.29, 0.717) is 0 Å². The van der Waals surface area contributed by atoms with Gasteiger partial charge in [-0.25, -0.2) is 33.6 Å². The summed E-state index contributed by atoms with van der Waals surface area (Å²) in [5, 5.41) is 24.6. The van der Waals surface area contributed by atoms with Crippen molar-refractivity contribution in [2.75, 3.05) is 19.8 Å². The average Bonchev–Trinajstić information content (AvgIpc) is 0.776. The van der Waals surface area contributed by atoms with Crippen LogP contribution in [0.3, 0.4) is 0 Å². The summed E-state index contributed by atoms with van der Waals surface area (Å²) in [6, 6.07) is 53.2. The van der Waals surface area contributed by atoms with Gasteiger partial charge >= 0.3 is 53.7 Å². The van der Waals surface area contributed by atoms with E-state index < -0.39 is 166 Å².